The van der Waals surface area contributed by atoms with Crippen LogP contribution in [0.2, 0.25) is 0 Å². The van der Waals surface area contributed by atoms with Gasteiger partial charge in [-0.1, -0.05) is 6.07 Å². The van der Waals surface area contributed by atoms with E-state index in [0.29, 0.717) is 12.5 Å². The van der Waals surface area contributed by atoms with E-state index in [1.54, 1.807) is 29.1 Å². The van der Waals surface area contributed by atoms with E-state index in [0.717, 1.165) is 39.1 Å². The lowest BCUT2D eigenvalue weighted by Crippen LogP contribution is -2.46. The number of nitrogens with two attached hydrogens (primary N) is 1. The molecule has 0 saturated carbocycles. The van der Waals surface area contributed by atoms with Crippen molar-refractivity contribution in [3.8, 4) is 5.88 Å². The Kier molecular flexibility index (Phi) is 5.50. The summed E-state index contributed by atoms with van der Waals surface area (Å²) in [6, 6.07) is 10.4. The number of thiophene rings is 1. The third-order valence-electron chi connectivity index (χ3n) is 5.14. The number of fused-ring (bicyclic) bond motifs is 1. The molecule has 1 saturated heterocycles. The Morgan fingerprint density at radius 3 is 2.82 bits per heavy atom. The Hall–Kier alpha value is -2.58. The van der Waals surface area contributed by atoms with Gasteiger partial charge in [0, 0.05) is 61.6 Å². The number of hydrogen-bond donors (Lipinski definition) is 1. The summed E-state index contributed by atoms with van der Waals surface area (Å²) in [7, 11) is 1.75. The van der Waals surface area contributed by atoms with E-state index in [1.165, 1.54) is 15.8 Å². The number of benzene rings is 1. The summed E-state index contributed by atoms with van der Waals surface area (Å²) in [5.41, 5.74) is 6.83. The molecule has 2 N–H and O–H groups in total. The molecule has 0 spiro atoms. The van der Waals surface area contributed by atoms with Gasteiger partial charge in [-0.3, -0.25) is 9.69 Å². The van der Waals surface area contributed by atoms with Gasteiger partial charge in [0.15, 0.2) is 5.69 Å². The van der Waals surface area contributed by atoms with Crippen molar-refractivity contribution in [2.24, 2.45) is 12.8 Å². The average molecular weight is 400 g/mol. The number of carbonyl (C=O) groups excluding carboxylic acids is 1. The van der Waals surface area contributed by atoms with Crippen LogP contribution in [0.5, 0.6) is 5.88 Å². The Labute approximate surface area is 168 Å². The first-order chi connectivity index (χ1) is 13.6. The van der Waals surface area contributed by atoms with Crippen molar-refractivity contribution in [2.45, 2.75) is 6.42 Å². The normalized spacial score (nSPS) is 15.2. The van der Waals surface area contributed by atoms with E-state index in [2.05, 4.69) is 44.5 Å². The van der Waals surface area contributed by atoms with Crippen LogP contribution in [-0.4, -0.2) is 59.9 Å². The number of rotatable bonds is 7. The van der Waals surface area contributed by atoms with Gasteiger partial charge >= 0.3 is 0 Å². The predicted octanol–water partition coefficient (Wildman–Crippen LogP) is 2.32. The fourth-order valence-corrected chi connectivity index (χ4v) is 4.44. The van der Waals surface area contributed by atoms with Gasteiger partial charge in [-0.25, -0.2) is 4.68 Å². The van der Waals surface area contributed by atoms with Crippen molar-refractivity contribution in [1.82, 2.24) is 14.7 Å². The Morgan fingerprint density at radius 1 is 1.25 bits per heavy atom. The Bertz CT molecular complexity index is 959. The molecule has 7 nitrogen and oxygen atoms in total. The highest BCUT2D eigenvalue weighted by Gasteiger charge is 2.18. The third kappa shape index (κ3) is 3.98. The van der Waals surface area contributed by atoms with Crippen molar-refractivity contribution in [2.75, 3.05) is 44.2 Å². The predicted molar refractivity (Wildman–Crippen MR) is 112 cm³/mol. The summed E-state index contributed by atoms with van der Waals surface area (Å²) >= 11 is 1.80. The number of ether oxygens (including phenoxy) is 1. The molecule has 1 aromatic carbocycles. The Morgan fingerprint density at radius 2 is 2.07 bits per heavy atom. The maximum atomic E-state index is 11.2. The van der Waals surface area contributed by atoms with E-state index in [-0.39, 0.29) is 5.69 Å². The number of anilines is 1. The highest BCUT2D eigenvalue weighted by atomic mass is 32.1. The molecule has 28 heavy (non-hydrogen) atoms. The first-order valence-corrected chi connectivity index (χ1v) is 10.4. The molecule has 3 aromatic rings. The molecule has 0 unspecified atom stereocenters. The van der Waals surface area contributed by atoms with Gasteiger partial charge in [0.05, 0.1) is 6.61 Å². The van der Waals surface area contributed by atoms with Gasteiger partial charge < -0.3 is 15.4 Å². The van der Waals surface area contributed by atoms with Gasteiger partial charge in [0.2, 0.25) is 5.88 Å². The summed E-state index contributed by atoms with van der Waals surface area (Å²) in [4.78, 5) is 16.1. The second-order valence-corrected chi connectivity index (χ2v) is 7.94. The summed E-state index contributed by atoms with van der Waals surface area (Å²) in [5.74, 6) is 0.0314. The summed E-state index contributed by atoms with van der Waals surface area (Å²) in [5, 5.41) is 7.56. The zero-order valence-electron chi connectivity index (χ0n) is 16.0. The minimum absolute atomic E-state index is 0.231. The molecule has 0 atom stereocenters. The molecule has 8 heteroatoms. The van der Waals surface area contributed by atoms with Gasteiger partial charge in [0.1, 0.15) is 0 Å². The third-order valence-corrected chi connectivity index (χ3v) is 6.03. The Balaban J connectivity index is 1.23. The minimum Gasteiger partial charge on any atom is -0.478 e. The molecule has 0 radical (unpaired) electrons. The topological polar surface area (TPSA) is 76.6 Å². The maximum absolute atomic E-state index is 11.2. The van der Waals surface area contributed by atoms with Crippen LogP contribution in [0, 0.1) is 0 Å². The van der Waals surface area contributed by atoms with Crippen molar-refractivity contribution < 1.29 is 9.53 Å². The lowest BCUT2D eigenvalue weighted by Gasteiger charge is -2.36. The number of amides is 1. The van der Waals surface area contributed by atoms with Crippen molar-refractivity contribution in [3.05, 3.63) is 41.4 Å². The van der Waals surface area contributed by atoms with E-state index in [9.17, 15) is 4.79 Å². The number of hydrogen-bond acceptors (Lipinski definition) is 6. The molecule has 4 rings (SSSR count). The van der Waals surface area contributed by atoms with Crippen LogP contribution in [0.3, 0.4) is 0 Å². The van der Waals surface area contributed by atoms with Crippen molar-refractivity contribution >= 4 is 33.0 Å². The number of aromatic nitrogens is 2. The van der Waals surface area contributed by atoms with E-state index in [1.807, 2.05) is 0 Å². The highest BCUT2D eigenvalue weighted by molar-refractivity contribution is 7.17. The fraction of sp³-hybridized carbons (Fsp3) is 0.400. The van der Waals surface area contributed by atoms with Crippen LogP contribution in [0.4, 0.5) is 5.69 Å². The number of piperazine rings is 1. The van der Waals surface area contributed by atoms with Crippen LogP contribution in [-0.2, 0) is 7.05 Å². The van der Waals surface area contributed by atoms with Crippen LogP contribution >= 0.6 is 11.3 Å². The monoisotopic (exact) mass is 399 g/mol. The van der Waals surface area contributed by atoms with Gasteiger partial charge in [0.25, 0.3) is 5.91 Å². The van der Waals surface area contributed by atoms with E-state index < -0.39 is 5.91 Å². The number of primary amides is 1. The molecule has 148 valence electrons. The molecule has 1 amide bonds. The molecule has 1 aliphatic heterocycles. The first kappa shape index (κ1) is 18.8. The number of carbonyl (C=O) groups is 1. The molecule has 2 aromatic heterocycles. The molecular weight excluding hydrogens is 374 g/mol. The minimum atomic E-state index is -0.540. The van der Waals surface area contributed by atoms with E-state index in [4.69, 9.17) is 10.5 Å². The number of nitrogens with zero attached hydrogens (tertiary/aromatic N) is 4. The molecule has 1 fully saturated rings. The van der Waals surface area contributed by atoms with Gasteiger partial charge in [-0.15, -0.1) is 11.3 Å². The molecule has 1 aliphatic rings. The second kappa shape index (κ2) is 8.20. The molecule has 3 heterocycles. The van der Waals surface area contributed by atoms with Crippen LogP contribution in [0.1, 0.15) is 16.9 Å². The second-order valence-electron chi connectivity index (χ2n) is 7.00. The largest absolute Gasteiger partial charge is 0.478 e. The molecule has 0 bridgehead atoms. The zero-order chi connectivity index (χ0) is 19.5. The van der Waals surface area contributed by atoms with Gasteiger partial charge in [-0.05, 0) is 30.0 Å². The van der Waals surface area contributed by atoms with Gasteiger partial charge in [-0.2, -0.15) is 5.10 Å². The number of aryl methyl sites for hydroxylation is 1. The summed E-state index contributed by atoms with van der Waals surface area (Å²) < 4.78 is 8.64. The quantitative estimate of drug-likeness (QED) is 0.617. The molecular formula is C20H25N5O2S. The SMILES string of the molecule is Cn1nc(C(N)=O)cc1OCCCN1CCN(c2cccc3sccc23)CC1. The van der Waals surface area contributed by atoms with Crippen molar-refractivity contribution in [3.63, 3.8) is 0 Å². The van der Waals surface area contributed by atoms with Crippen LogP contribution in [0.15, 0.2) is 35.7 Å². The van der Waals surface area contributed by atoms with E-state index >= 15 is 0 Å². The zero-order valence-corrected chi connectivity index (χ0v) is 16.8. The summed E-state index contributed by atoms with van der Waals surface area (Å²) in [6.45, 7) is 5.78. The smallest absolute Gasteiger partial charge is 0.269 e. The molecule has 0 aliphatic carbocycles. The fourth-order valence-electron chi connectivity index (χ4n) is 3.64. The highest BCUT2D eigenvalue weighted by Crippen LogP contribution is 2.31. The van der Waals surface area contributed by atoms with Crippen LogP contribution in [0.25, 0.3) is 10.1 Å². The summed E-state index contributed by atoms with van der Waals surface area (Å²) in [6.07, 6.45) is 0.928. The van der Waals surface area contributed by atoms with Crippen molar-refractivity contribution in [1.29, 1.82) is 0 Å². The average Bonchev–Trinajstić information content (AvgIpc) is 3.32. The maximum Gasteiger partial charge on any atom is 0.269 e. The lowest BCUT2D eigenvalue weighted by molar-refractivity contribution is 0.0995. The van der Waals surface area contributed by atoms with Crippen LogP contribution < -0.4 is 15.4 Å². The lowest BCUT2D eigenvalue weighted by atomic mass is 10.2. The first-order valence-electron chi connectivity index (χ1n) is 9.52. The standard InChI is InChI=1S/C20H25N5O2S/c1-23-19(14-16(22-23)20(21)26)27-12-3-7-24-8-10-25(11-9-24)17-4-2-5-18-15(17)6-13-28-18/h2,4-6,13-14H,3,7-12H2,1H3,(H2,21,26).